The zero-order chi connectivity index (χ0) is 17.2. The smallest absolute Gasteiger partial charge is 0.308 e. The molecule has 1 amide bonds. The van der Waals surface area contributed by atoms with Crippen molar-refractivity contribution >= 4 is 33.2 Å². The Morgan fingerprint density at radius 3 is 2.78 bits per heavy atom. The van der Waals surface area contributed by atoms with Crippen LogP contribution >= 0.6 is 11.3 Å². The quantitative estimate of drug-likeness (QED) is 0.819. The number of carbonyl (C=O) groups is 2. The van der Waals surface area contributed by atoms with Crippen molar-refractivity contribution in [3.05, 3.63) is 17.5 Å². The fraction of sp³-hybridized carbons (Fsp3) is 0.571. The number of carboxylic acid groups (broad SMARTS) is 1. The summed E-state index contributed by atoms with van der Waals surface area (Å²) in [4.78, 5) is 24.8. The average Bonchev–Trinajstić information content (AvgIpc) is 3.17. The molecule has 23 heavy (non-hydrogen) atoms. The Labute approximate surface area is 139 Å². The van der Waals surface area contributed by atoms with Gasteiger partial charge in [-0.3, -0.25) is 9.59 Å². The third kappa shape index (κ3) is 3.73. The van der Waals surface area contributed by atoms with E-state index in [0.717, 1.165) is 11.3 Å². The molecule has 1 N–H and O–H groups in total. The molecule has 2 heterocycles. The molecule has 1 fully saturated rings. The van der Waals surface area contributed by atoms with Gasteiger partial charge in [-0.2, -0.15) is 4.31 Å². The minimum atomic E-state index is -3.68. The normalized spacial score (nSPS) is 20.3. The van der Waals surface area contributed by atoms with Crippen LogP contribution in [0.25, 0.3) is 0 Å². The molecule has 7 nitrogen and oxygen atoms in total. The Kier molecular flexibility index (Phi) is 5.43. The molecular formula is C14H20N2O5S2. The monoisotopic (exact) mass is 360 g/mol. The molecule has 1 aliphatic heterocycles. The predicted molar refractivity (Wildman–Crippen MR) is 85.7 cm³/mol. The van der Waals surface area contributed by atoms with Gasteiger partial charge in [0, 0.05) is 20.1 Å². The van der Waals surface area contributed by atoms with Gasteiger partial charge in [0.05, 0.1) is 5.92 Å². The highest BCUT2D eigenvalue weighted by Gasteiger charge is 2.41. The first kappa shape index (κ1) is 17.9. The summed E-state index contributed by atoms with van der Waals surface area (Å²) in [6.07, 6.45) is 1.07. The molecule has 1 aliphatic rings. The van der Waals surface area contributed by atoms with Crippen LogP contribution in [-0.2, 0) is 19.6 Å². The van der Waals surface area contributed by atoms with E-state index in [1.807, 2.05) is 0 Å². The van der Waals surface area contributed by atoms with E-state index in [-0.39, 0.29) is 16.7 Å². The lowest BCUT2D eigenvalue weighted by Crippen LogP contribution is -2.47. The van der Waals surface area contributed by atoms with Crippen LogP contribution < -0.4 is 0 Å². The second-order valence-electron chi connectivity index (χ2n) is 5.66. The minimum absolute atomic E-state index is 0.0531. The molecule has 1 aromatic heterocycles. The van der Waals surface area contributed by atoms with Crippen molar-refractivity contribution in [3.63, 3.8) is 0 Å². The fourth-order valence-corrected chi connectivity index (χ4v) is 5.40. The highest BCUT2D eigenvalue weighted by Crippen LogP contribution is 2.29. The Bertz CT molecular complexity index is 671. The number of nitrogens with zero attached hydrogens (tertiary/aromatic N) is 2. The molecule has 1 saturated heterocycles. The number of hydrogen-bond donors (Lipinski definition) is 1. The number of thiophene rings is 1. The Balaban J connectivity index is 2.15. The summed E-state index contributed by atoms with van der Waals surface area (Å²) in [6.45, 7) is 1.87. The van der Waals surface area contributed by atoms with E-state index in [1.54, 1.807) is 11.4 Å². The summed E-state index contributed by atoms with van der Waals surface area (Å²) in [7, 11) is -2.17. The predicted octanol–water partition coefficient (Wildman–Crippen LogP) is 1.08. The average molecular weight is 360 g/mol. The molecule has 0 aromatic carbocycles. The minimum Gasteiger partial charge on any atom is -0.481 e. The van der Waals surface area contributed by atoms with Gasteiger partial charge in [-0.05, 0) is 24.3 Å². The summed E-state index contributed by atoms with van der Waals surface area (Å²) in [5.74, 6) is -2.04. The van der Waals surface area contributed by atoms with E-state index in [1.165, 1.54) is 29.2 Å². The first-order valence-electron chi connectivity index (χ1n) is 7.28. The van der Waals surface area contributed by atoms with Crippen LogP contribution in [0.15, 0.2) is 21.7 Å². The maximum Gasteiger partial charge on any atom is 0.308 e. The molecule has 1 aromatic rings. The zero-order valence-corrected chi connectivity index (χ0v) is 14.6. The van der Waals surface area contributed by atoms with Crippen LogP contribution in [0.2, 0.25) is 0 Å². The molecule has 128 valence electrons. The standard InChI is InChI=1S/C14H20N2O5S2/c1-10(14(18)19)9-15(2)13(17)11-5-3-7-16(11)23(20,21)12-6-4-8-22-12/h4,6,8,10-11H,3,5,7,9H2,1-2H3,(H,18,19). The van der Waals surface area contributed by atoms with Gasteiger partial charge in [0.25, 0.3) is 10.0 Å². The molecule has 9 heteroatoms. The summed E-state index contributed by atoms with van der Waals surface area (Å²) < 4.78 is 26.7. The molecule has 0 saturated carbocycles. The number of amides is 1. The fourth-order valence-electron chi connectivity index (χ4n) is 2.63. The largest absolute Gasteiger partial charge is 0.481 e. The van der Waals surface area contributed by atoms with Crippen LogP contribution in [0, 0.1) is 5.92 Å². The van der Waals surface area contributed by atoms with Crippen LogP contribution in [0.4, 0.5) is 0 Å². The van der Waals surface area contributed by atoms with Crippen molar-refractivity contribution in [2.45, 2.75) is 30.0 Å². The van der Waals surface area contributed by atoms with E-state index < -0.39 is 28.0 Å². The van der Waals surface area contributed by atoms with Crippen molar-refractivity contribution in [1.29, 1.82) is 0 Å². The number of aliphatic carboxylic acids is 1. The van der Waals surface area contributed by atoms with E-state index in [4.69, 9.17) is 5.11 Å². The number of likely N-dealkylation sites (N-methyl/N-ethyl adjacent to an activating group) is 1. The topological polar surface area (TPSA) is 95.0 Å². The van der Waals surface area contributed by atoms with E-state index in [2.05, 4.69) is 0 Å². The third-order valence-corrected chi connectivity index (χ3v) is 7.17. The first-order chi connectivity index (χ1) is 10.7. The van der Waals surface area contributed by atoms with Gasteiger partial charge >= 0.3 is 5.97 Å². The number of carboxylic acids is 1. The molecule has 0 bridgehead atoms. The molecule has 0 spiro atoms. The van der Waals surface area contributed by atoms with Gasteiger partial charge in [0.15, 0.2) is 0 Å². The maximum atomic E-state index is 12.6. The number of carbonyl (C=O) groups excluding carboxylic acids is 1. The zero-order valence-electron chi connectivity index (χ0n) is 13.0. The highest BCUT2D eigenvalue weighted by atomic mass is 32.2. The summed E-state index contributed by atoms with van der Waals surface area (Å²) >= 11 is 1.12. The number of hydrogen-bond acceptors (Lipinski definition) is 5. The Morgan fingerprint density at radius 2 is 2.22 bits per heavy atom. The number of sulfonamides is 1. The van der Waals surface area contributed by atoms with Gasteiger partial charge in [-0.1, -0.05) is 13.0 Å². The second-order valence-corrected chi connectivity index (χ2v) is 8.73. The van der Waals surface area contributed by atoms with Crippen LogP contribution in [0.1, 0.15) is 19.8 Å². The third-order valence-electron chi connectivity index (χ3n) is 3.89. The summed E-state index contributed by atoms with van der Waals surface area (Å²) in [5.41, 5.74) is 0. The van der Waals surface area contributed by atoms with Crippen molar-refractivity contribution in [2.75, 3.05) is 20.1 Å². The van der Waals surface area contributed by atoms with Gasteiger partial charge in [0.2, 0.25) is 5.91 Å². The maximum absolute atomic E-state index is 12.6. The van der Waals surface area contributed by atoms with Crippen molar-refractivity contribution in [2.24, 2.45) is 5.92 Å². The van der Waals surface area contributed by atoms with Crippen molar-refractivity contribution in [3.8, 4) is 0 Å². The van der Waals surface area contributed by atoms with Crippen LogP contribution in [0.5, 0.6) is 0 Å². The lowest BCUT2D eigenvalue weighted by molar-refractivity contribution is -0.143. The SMILES string of the molecule is CC(CN(C)C(=O)C1CCCN1S(=O)(=O)c1cccs1)C(=O)O. The lowest BCUT2D eigenvalue weighted by Gasteiger charge is -2.28. The summed E-state index contributed by atoms with van der Waals surface area (Å²) in [6, 6.07) is 2.43. The molecule has 0 aliphatic carbocycles. The lowest BCUT2D eigenvalue weighted by atomic mass is 10.1. The number of rotatable bonds is 6. The van der Waals surface area contributed by atoms with Gasteiger partial charge in [-0.25, -0.2) is 8.42 Å². The van der Waals surface area contributed by atoms with Crippen molar-refractivity contribution < 1.29 is 23.1 Å². The molecule has 2 unspecified atom stereocenters. The van der Waals surface area contributed by atoms with Crippen LogP contribution in [0.3, 0.4) is 0 Å². The molecular weight excluding hydrogens is 340 g/mol. The van der Waals surface area contributed by atoms with E-state index >= 15 is 0 Å². The first-order valence-corrected chi connectivity index (χ1v) is 9.60. The molecule has 2 atom stereocenters. The Morgan fingerprint density at radius 1 is 1.52 bits per heavy atom. The van der Waals surface area contributed by atoms with Crippen LogP contribution in [-0.4, -0.2) is 60.8 Å². The Hall–Kier alpha value is -1.45. The van der Waals surface area contributed by atoms with Crippen molar-refractivity contribution in [1.82, 2.24) is 9.21 Å². The van der Waals surface area contributed by atoms with Gasteiger partial charge < -0.3 is 10.0 Å². The molecule has 2 rings (SSSR count). The molecule has 0 radical (unpaired) electrons. The van der Waals surface area contributed by atoms with E-state index in [0.29, 0.717) is 19.4 Å². The van der Waals surface area contributed by atoms with Gasteiger partial charge in [-0.15, -0.1) is 11.3 Å². The highest BCUT2D eigenvalue weighted by molar-refractivity contribution is 7.91. The van der Waals surface area contributed by atoms with Gasteiger partial charge in [0.1, 0.15) is 10.3 Å². The van der Waals surface area contributed by atoms with E-state index in [9.17, 15) is 18.0 Å². The second kappa shape index (κ2) is 6.98. The summed E-state index contributed by atoms with van der Waals surface area (Å²) in [5, 5.41) is 10.6.